The predicted molar refractivity (Wildman–Crippen MR) is 73.5 cm³/mol. The maximum absolute atomic E-state index is 13.5. The van der Waals surface area contributed by atoms with E-state index in [2.05, 4.69) is 0 Å². The van der Waals surface area contributed by atoms with Crippen molar-refractivity contribution in [3.8, 4) is 0 Å². The number of sulfone groups is 1. The quantitative estimate of drug-likeness (QED) is 0.864. The van der Waals surface area contributed by atoms with Crippen molar-refractivity contribution in [1.29, 1.82) is 0 Å². The summed E-state index contributed by atoms with van der Waals surface area (Å²) >= 11 is 6.00. The van der Waals surface area contributed by atoms with Crippen LogP contribution >= 0.6 is 11.6 Å². The Hall–Kier alpha value is -1.39. The molecule has 100 valence electrons. The summed E-state index contributed by atoms with van der Waals surface area (Å²) in [7, 11) is -3.74. The van der Waals surface area contributed by atoms with Gasteiger partial charge < -0.3 is 0 Å². The first kappa shape index (κ1) is 14.0. The van der Waals surface area contributed by atoms with Crippen LogP contribution in [0.3, 0.4) is 0 Å². The van der Waals surface area contributed by atoms with Crippen LogP contribution in [0.15, 0.2) is 47.4 Å². The summed E-state index contributed by atoms with van der Waals surface area (Å²) in [4.78, 5) is -0.299. The summed E-state index contributed by atoms with van der Waals surface area (Å²) in [5.41, 5.74) is 1.41. The zero-order valence-corrected chi connectivity index (χ0v) is 11.8. The van der Waals surface area contributed by atoms with Crippen molar-refractivity contribution in [3.63, 3.8) is 0 Å². The third-order valence-corrected chi connectivity index (χ3v) is 4.77. The maximum atomic E-state index is 13.5. The zero-order chi connectivity index (χ0) is 14.0. The predicted octanol–water partition coefficient (Wildman–Crippen LogP) is 3.76. The van der Waals surface area contributed by atoms with Crippen LogP contribution in [0.4, 0.5) is 4.39 Å². The van der Waals surface area contributed by atoms with E-state index in [4.69, 9.17) is 11.6 Å². The molecule has 2 aromatic carbocycles. The second-order valence-corrected chi connectivity index (χ2v) is 6.65. The highest BCUT2D eigenvalue weighted by Gasteiger charge is 2.20. The molecule has 0 aliphatic heterocycles. The second kappa shape index (κ2) is 5.31. The summed E-state index contributed by atoms with van der Waals surface area (Å²) in [5, 5.41) is 0.375. The van der Waals surface area contributed by atoms with E-state index in [1.807, 2.05) is 6.92 Å². The number of hydrogen-bond acceptors (Lipinski definition) is 2. The molecule has 0 atom stereocenters. The summed E-state index contributed by atoms with van der Waals surface area (Å²) in [6, 6.07) is 10.4. The molecule has 0 amide bonds. The molecule has 0 aliphatic rings. The lowest BCUT2D eigenvalue weighted by atomic mass is 10.2. The van der Waals surface area contributed by atoms with Crippen molar-refractivity contribution >= 4 is 21.4 Å². The lowest BCUT2D eigenvalue weighted by Crippen LogP contribution is -2.07. The van der Waals surface area contributed by atoms with E-state index in [0.29, 0.717) is 10.6 Å². The molecule has 0 spiro atoms. The van der Waals surface area contributed by atoms with Gasteiger partial charge >= 0.3 is 0 Å². The zero-order valence-electron chi connectivity index (χ0n) is 10.2. The first-order valence-electron chi connectivity index (χ1n) is 5.62. The average molecular weight is 299 g/mol. The summed E-state index contributed by atoms with van der Waals surface area (Å²) in [6.07, 6.45) is 0. The van der Waals surface area contributed by atoms with Crippen LogP contribution in [-0.2, 0) is 15.6 Å². The fraction of sp³-hybridized carbons (Fsp3) is 0.143. The van der Waals surface area contributed by atoms with Crippen LogP contribution in [0.5, 0.6) is 0 Å². The molecule has 0 saturated heterocycles. The van der Waals surface area contributed by atoms with Gasteiger partial charge in [0.25, 0.3) is 0 Å². The summed E-state index contributed by atoms with van der Waals surface area (Å²) in [6.45, 7) is 1.86. The van der Waals surface area contributed by atoms with Crippen LogP contribution in [0, 0.1) is 12.7 Å². The van der Waals surface area contributed by atoms with Gasteiger partial charge in [0, 0.05) is 5.02 Å². The topological polar surface area (TPSA) is 34.1 Å². The number of aryl methyl sites for hydroxylation is 1. The van der Waals surface area contributed by atoms with Gasteiger partial charge in [-0.15, -0.1) is 0 Å². The van der Waals surface area contributed by atoms with Crippen LogP contribution in [0.1, 0.15) is 11.1 Å². The van der Waals surface area contributed by atoms with Crippen molar-refractivity contribution in [2.75, 3.05) is 0 Å². The Bertz CT molecular complexity index is 711. The van der Waals surface area contributed by atoms with Crippen molar-refractivity contribution in [2.45, 2.75) is 17.6 Å². The van der Waals surface area contributed by atoms with Crippen LogP contribution in [0.2, 0.25) is 5.02 Å². The van der Waals surface area contributed by atoms with Crippen molar-refractivity contribution in [1.82, 2.24) is 0 Å². The SMILES string of the molecule is Cc1ccc(CS(=O)(=O)c2ccccc2F)c(Cl)c1. The first-order valence-corrected chi connectivity index (χ1v) is 7.65. The Morgan fingerprint density at radius 3 is 2.47 bits per heavy atom. The lowest BCUT2D eigenvalue weighted by molar-refractivity contribution is 0.566. The second-order valence-electron chi connectivity index (χ2n) is 4.28. The molecule has 0 radical (unpaired) electrons. The van der Waals surface area contributed by atoms with Crippen LogP contribution in [-0.4, -0.2) is 8.42 Å². The minimum absolute atomic E-state index is 0.299. The monoisotopic (exact) mass is 298 g/mol. The number of benzene rings is 2. The molecular weight excluding hydrogens is 287 g/mol. The van der Waals surface area contributed by atoms with Gasteiger partial charge in [0.15, 0.2) is 9.84 Å². The maximum Gasteiger partial charge on any atom is 0.185 e. The number of rotatable bonds is 3. The fourth-order valence-corrected chi connectivity index (χ4v) is 3.60. The molecule has 0 N–H and O–H groups in total. The highest BCUT2D eigenvalue weighted by Crippen LogP contribution is 2.24. The van der Waals surface area contributed by atoms with Crippen LogP contribution in [0.25, 0.3) is 0 Å². The number of hydrogen-bond donors (Lipinski definition) is 0. The minimum atomic E-state index is -3.74. The lowest BCUT2D eigenvalue weighted by Gasteiger charge is -2.08. The molecule has 0 aliphatic carbocycles. The van der Waals surface area contributed by atoms with E-state index in [9.17, 15) is 12.8 Å². The van der Waals surface area contributed by atoms with Gasteiger partial charge in [-0.2, -0.15) is 0 Å². The van der Waals surface area contributed by atoms with E-state index >= 15 is 0 Å². The average Bonchev–Trinajstić information content (AvgIpc) is 2.33. The first-order chi connectivity index (χ1) is 8.90. The van der Waals surface area contributed by atoms with Crippen molar-refractivity contribution < 1.29 is 12.8 Å². The van der Waals surface area contributed by atoms with Gasteiger partial charge in [-0.3, -0.25) is 0 Å². The largest absolute Gasteiger partial charge is 0.223 e. The van der Waals surface area contributed by atoms with Gasteiger partial charge in [-0.1, -0.05) is 35.9 Å². The smallest absolute Gasteiger partial charge is 0.185 e. The molecule has 0 saturated carbocycles. The Morgan fingerprint density at radius 2 is 1.84 bits per heavy atom. The molecule has 2 nitrogen and oxygen atoms in total. The molecule has 0 aromatic heterocycles. The normalized spacial score (nSPS) is 11.5. The van der Waals surface area contributed by atoms with Crippen molar-refractivity contribution in [2.24, 2.45) is 0 Å². The Labute approximate surface area is 116 Å². The highest BCUT2D eigenvalue weighted by molar-refractivity contribution is 7.90. The van der Waals surface area contributed by atoms with E-state index in [1.165, 1.54) is 18.2 Å². The fourth-order valence-electron chi connectivity index (χ4n) is 1.75. The Morgan fingerprint density at radius 1 is 1.16 bits per heavy atom. The molecule has 0 fully saturated rings. The van der Waals surface area contributed by atoms with E-state index in [0.717, 1.165) is 11.6 Å². The van der Waals surface area contributed by atoms with E-state index < -0.39 is 15.7 Å². The van der Waals surface area contributed by atoms with Gasteiger partial charge in [0.05, 0.1) is 5.75 Å². The van der Waals surface area contributed by atoms with Gasteiger partial charge in [0.2, 0.25) is 0 Å². The molecule has 0 unspecified atom stereocenters. The van der Waals surface area contributed by atoms with Gasteiger partial charge in [-0.05, 0) is 36.2 Å². The Balaban J connectivity index is 2.40. The summed E-state index contributed by atoms with van der Waals surface area (Å²) in [5.74, 6) is -1.06. The van der Waals surface area contributed by atoms with Gasteiger partial charge in [0.1, 0.15) is 10.7 Å². The molecule has 5 heteroatoms. The third kappa shape index (κ3) is 3.14. The van der Waals surface area contributed by atoms with Gasteiger partial charge in [-0.25, -0.2) is 12.8 Å². The molecule has 2 rings (SSSR count). The molecule has 19 heavy (non-hydrogen) atoms. The Kier molecular flexibility index (Phi) is 3.92. The van der Waals surface area contributed by atoms with Crippen LogP contribution < -0.4 is 0 Å². The highest BCUT2D eigenvalue weighted by atomic mass is 35.5. The third-order valence-electron chi connectivity index (χ3n) is 2.73. The van der Waals surface area contributed by atoms with E-state index in [-0.39, 0.29) is 10.6 Å². The molecule has 0 heterocycles. The summed E-state index contributed by atoms with van der Waals surface area (Å²) < 4.78 is 37.9. The number of halogens is 2. The standard InChI is InChI=1S/C14H12ClFO2S/c1-10-6-7-11(12(15)8-10)9-19(17,18)14-5-3-2-4-13(14)16/h2-8H,9H2,1H3. The molecular formula is C14H12ClFO2S. The van der Waals surface area contributed by atoms with Crippen molar-refractivity contribution in [3.05, 3.63) is 64.4 Å². The van der Waals surface area contributed by atoms with E-state index in [1.54, 1.807) is 18.2 Å². The molecule has 2 aromatic rings. The molecule has 0 bridgehead atoms. The minimum Gasteiger partial charge on any atom is -0.223 e.